The second-order valence-electron chi connectivity index (χ2n) is 5.46. The van der Waals surface area contributed by atoms with E-state index in [1.807, 2.05) is 0 Å². The maximum atomic E-state index is 14.4. The van der Waals surface area contributed by atoms with E-state index in [-0.39, 0.29) is 12.1 Å². The summed E-state index contributed by atoms with van der Waals surface area (Å²) in [5.74, 6) is -4.40. The van der Waals surface area contributed by atoms with E-state index in [2.05, 4.69) is 4.74 Å². The van der Waals surface area contributed by atoms with E-state index in [1.54, 1.807) is 12.1 Å². The van der Waals surface area contributed by atoms with Gasteiger partial charge in [-0.1, -0.05) is 0 Å². The van der Waals surface area contributed by atoms with Crippen LogP contribution in [0.15, 0.2) is 40.1 Å². The largest absolute Gasteiger partial charge is 0.491 e. The molecule has 5 nitrogen and oxygen atoms in total. The van der Waals surface area contributed by atoms with Crippen molar-refractivity contribution in [2.75, 3.05) is 7.11 Å². The molecule has 2 heterocycles. The standard InChI is InChI=1S/C17H13F3N2O3S/c1-21-13(23)5-6-22(17(21)24)8-9-3-4-12(26-9)10-7-11(18)15(20)16(25-2)14(10)19/h3-7H,8H2,1-2H3. The summed E-state index contributed by atoms with van der Waals surface area (Å²) in [5.41, 5.74) is -1.05. The molecule has 0 aliphatic rings. The Balaban J connectivity index is 1.99. The Morgan fingerprint density at radius 3 is 2.54 bits per heavy atom. The van der Waals surface area contributed by atoms with Crippen LogP contribution in [0.4, 0.5) is 13.2 Å². The molecular formula is C17H13F3N2O3S. The maximum Gasteiger partial charge on any atom is 0.331 e. The molecule has 0 N–H and O–H groups in total. The zero-order valence-corrected chi connectivity index (χ0v) is 14.6. The van der Waals surface area contributed by atoms with E-state index in [0.29, 0.717) is 9.75 Å². The van der Waals surface area contributed by atoms with Gasteiger partial charge in [-0.05, 0) is 18.2 Å². The first-order valence-corrected chi connectivity index (χ1v) is 8.22. The van der Waals surface area contributed by atoms with Gasteiger partial charge in [0.1, 0.15) is 0 Å². The molecular weight excluding hydrogens is 369 g/mol. The number of hydrogen-bond donors (Lipinski definition) is 0. The van der Waals surface area contributed by atoms with E-state index in [4.69, 9.17) is 0 Å². The highest BCUT2D eigenvalue weighted by Crippen LogP contribution is 2.36. The molecule has 3 rings (SSSR count). The smallest absolute Gasteiger partial charge is 0.331 e. The fourth-order valence-electron chi connectivity index (χ4n) is 2.45. The lowest BCUT2D eigenvalue weighted by molar-refractivity contribution is 0.347. The van der Waals surface area contributed by atoms with Crippen molar-refractivity contribution in [3.63, 3.8) is 0 Å². The van der Waals surface area contributed by atoms with Crippen LogP contribution in [0, 0.1) is 17.5 Å². The number of halogens is 3. The molecule has 1 aromatic carbocycles. The van der Waals surface area contributed by atoms with Gasteiger partial charge in [-0.15, -0.1) is 11.3 Å². The van der Waals surface area contributed by atoms with Crippen LogP contribution in [0.5, 0.6) is 5.75 Å². The van der Waals surface area contributed by atoms with Gasteiger partial charge < -0.3 is 4.74 Å². The summed E-state index contributed by atoms with van der Waals surface area (Å²) in [4.78, 5) is 24.5. The third-order valence-corrected chi connectivity index (χ3v) is 4.94. The Morgan fingerprint density at radius 2 is 1.85 bits per heavy atom. The molecule has 3 aromatic rings. The molecule has 0 aliphatic heterocycles. The number of methoxy groups -OCH3 is 1. The normalized spacial score (nSPS) is 11.0. The topological polar surface area (TPSA) is 53.2 Å². The number of hydrogen-bond acceptors (Lipinski definition) is 4. The van der Waals surface area contributed by atoms with E-state index < -0.39 is 34.5 Å². The third-order valence-electron chi connectivity index (χ3n) is 3.83. The van der Waals surface area contributed by atoms with Gasteiger partial charge in [0.2, 0.25) is 5.82 Å². The van der Waals surface area contributed by atoms with Gasteiger partial charge in [0, 0.05) is 34.6 Å². The average molecular weight is 382 g/mol. The van der Waals surface area contributed by atoms with Crippen molar-refractivity contribution in [2.45, 2.75) is 6.54 Å². The molecule has 0 atom stereocenters. The lowest BCUT2D eigenvalue weighted by Crippen LogP contribution is -2.36. The van der Waals surface area contributed by atoms with Crippen LogP contribution >= 0.6 is 11.3 Å². The fraction of sp³-hybridized carbons (Fsp3) is 0.176. The number of rotatable bonds is 4. The van der Waals surface area contributed by atoms with E-state index in [0.717, 1.165) is 29.1 Å². The van der Waals surface area contributed by atoms with Gasteiger partial charge in [-0.3, -0.25) is 13.9 Å². The molecule has 0 amide bonds. The molecule has 0 bridgehead atoms. The molecule has 2 aromatic heterocycles. The number of aromatic nitrogens is 2. The van der Waals surface area contributed by atoms with Gasteiger partial charge in [0.25, 0.3) is 5.56 Å². The van der Waals surface area contributed by atoms with Crippen LogP contribution in [-0.4, -0.2) is 16.2 Å². The first kappa shape index (κ1) is 18.0. The molecule has 0 unspecified atom stereocenters. The lowest BCUT2D eigenvalue weighted by atomic mass is 10.1. The second kappa shape index (κ2) is 6.83. The SMILES string of the molecule is COc1c(F)c(F)cc(-c2ccc(Cn3ccc(=O)n(C)c3=O)s2)c1F. The summed E-state index contributed by atoms with van der Waals surface area (Å²) in [6.45, 7) is 0.153. The molecule has 0 radical (unpaired) electrons. The van der Waals surface area contributed by atoms with Crippen molar-refractivity contribution in [1.82, 2.24) is 9.13 Å². The minimum Gasteiger partial charge on any atom is -0.491 e. The van der Waals surface area contributed by atoms with Crippen molar-refractivity contribution in [3.8, 4) is 16.2 Å². The van der Waals surface area contributed by atoms with Crippen LogP contribution in [0.2, 0.25) is 0 Å². The molecule has 26 heavy (non-hydrogen) atoms. The van der Waals surface area contributed by atoms with E-state index in [1.165, 1.54) is 23.9 Å². The highest BCUT2D eigenvalue weighted by Gasteiger charge is 2.21. The highest BCUT2D eigenvalue weighted by atomic mass is 32.1. The number of thiophene rings is 1. The Morgan fingerprint density at radius 1 is 1.12 bits per heavy atom. The zero-order valence-electron chi connectivity index (χ0n) is 13.8. The van der Waals surface area contributed by atoms with Crippen molar-refractivity contribution < 1.29 is 17.9 Å². The first-order valence-electron chi connectivity index (χ1n) is 7.40. The zero-order chi connectivity index (χ0) is 19.0. The summed E-state index contributed by atoms with van der Waals surface area (Å²) in [5, 5.41) is 0. The summed E-state index contributed by atoms with van der Waals surface area (Å²) < 4.78 is 48.5. The third kappa shape index (κ3) is 3.05. The fourth-order valence-corrected chi connectivity index (χ4v) is 3.47. The summed E-state index contributed by atoms with van der Waals surface area (Å²) in [6.07, 6.45) is 1.37. The van der Waals surface area contributed by atoms with E-state index in [9.17, 15) is 22.8 Å². The Bertz CT molecular complexity index is 1100. The first-order chi connectivity index (χ1) is 12.3. The summed E-state index contributed by atoms with van der Waals surface area (Å²) in [6, 6.07) is 5.21. The van der Waals surface area contributed by atoms with Gasteiger partial charge in [-0.2, -0.15) is 4.39 Å². The minimum atomic E-state index is -1.39. The number of benzene rings is 1. The molecule has 0 aliphatic carbocycles. The van der Waals surface area contributed by atoms with Crippen molar-refractivity contribution >= 4 is 11.3 Å². The predicted molar refractivity (Wildman–Crippen MR) is 91.2 cm³/mol. The van der Waals surface area contributed by atoms with Crippen molar-refractivity contribution in [3.05, 3.63) is 73.6 Å². The van der Waals surface area contributed by atoms with Gasteiger partial charge in [-0.25, -0.2) is 13.6 Å². The molecule has 0 fully saturated rings. The molecule has 136 valence electrons. The maximum absolute atomic E-state index is 14.4. The van der Waals surface area contributed by atoms with E-state index >= 15 is 0 Å². The molecule has 0 spiro atoms. The predicted octanol–water partition coefficient (Wildman–Crippen LogP) is 2.75. The molecule has 9 heteroatoms. The second-order valence-corrected chi connectivity index (χ2v) is 6.62. The molecule has 0 saturated heterocycles. The average Bonchev–Trinajstić information content (AvgIpc) is 3.07. The van der Waals surface area contributed by atoms with Gasteiger partial charge >= 0.3 is 5.69 Å². The van der Waals surface area contributed by atoms with Gasteiger partial charge in [0.15, 0.2) is 17.4 Å². The van der Waals surface area contributed by atoms with Crippen LogP contribution in [0.3, 0.4) is 0 Å². The van der Waals surface area contributed by atoms with Crippen LogP contribution in [0.1, 0.15) is 4.88 Å². The minimum absolute atomic E-state index is 0.134. The summed E-state index contributed by atoms with van der Waals surface area (Å²) in [7, 11) is 2.42. The molecule has 0 saturated carbocycles. The Kier molecular flexibility index (Phi) is 4.73. The monoisotopic (exact) mass is 382 g/mol. The van der Waals surface area contributed by atoms with Crippen LogP contribution in [-0.2, 0) is 13.6 Å². The van der Waals surface area contributed by atoms with Crippen LogP contribution < -0.4 is 16.0 Å². The number of nitrogens with zero attached hydrogens (tertiary/aromatic N) is 2. The van der Waals surface area contributed by atoms with Crippen molar-refractivity contribution in [2.24, 2.45) is 7.05 Å². The van der Waals surface area contributed by atoms with Gasteiger partial charge in [0.05, 0.1) is 13.7 Å². The Hall–Kier alpha value is -2.81. The quantitative estimate of drug-likeness (QED) is 0.652. The summed E-state index contributed by atoms with van der Waals surface area (Å²) >= 11 is 1.12. The number of ether oxygens (including phenoxy) is 1. The highest BCUT2D eigenvalue weighted by molar-refractivity contribution is 7.15. The Labute approximate surface area is 149 Å². The van der Waals surface area contributed by atoms with Crippen molar-refractivity contribution in [1.29, 1.82) is 0 Å². The van der Waals surface area contributed by atoms with Crippen LogP contribution in [0.25, 0.3) is 10.4 Å². The lowest BCUT2D eigenvalue weighted by Gasteiger charge is -2.08.